The van der Waals surface area contributed by atoms with Crippen LogP contribution in [0.15, 0.2) is 46.7 Å². The molecule has 1 saturated heterocycles. The highest BCUT2D eigenvalue weighted by atomic mass is 32.2. The van der Waals surface area contributed by atoms with Crippen LogP contribution in [0.25, 0.3) is 0 Å². The van der Waals surface area contributed by atoms with E-state index in [2.05, 4.69) is 0 Å². The van der Waals surface area contributed by atoms with Gasteiger partial charge in [0.15, 0.2) is 0 Å². The predicted molar refractivity (Wildman–Crippen MR) is 96.1 cm³/mol. The molecular formula is C17H20N2O4S2. The number of hydrogen-bond acceptors (Lipinski definition) is 5. The summed E-state index contributed by atoms with van der Waals surface area (Å²) in [5.74, 6) is -0.135. The topological polar surface area (TPSA) is 66.9 Å². The van der Waals surface area contributed by atoms with Gasteiger partial charge < -0.3 is 9.64 Å². The van der Waals surface area contributed by atoms with Crippen molar-refractivity contribution in [2.45, 2.75) is 11.4 Å². The number of benzene rings is 1. The molecule has 1 aromatic carbocycles. The monoisotopic (exact) mass is 380 g/mol. The third-order valence-electron chi connectivity index (χ3n) is 4.03. The van der Waals surface area contributed by atoms with Crippen LogP contribution >= 0.6 is 11.3 Å². The largest absolute Gasteiger partial charge is 0.379 e. The number of ether oxygens (including phenoxy) is 1. The van der Waals surface area contributed by atoms with Crippen molar-refractivity contribution in [2.75, 3.05) is 33.4 Å². The number of nitrogens with zero attached hydrogens (tertiary/aromatic N) is 2. The van der Waals surface area contributed by atoms with Crippen LogP contribution in [0.1, 0.15) is 15.2 Å². The Kier molecular flexibility index (Phi) is 5.53. The van der Waals surface area contributed by atoms with Crippen molar-refractivity contribution >= 4 is 27.3 Å². The van der Waals surface area contributed by atoms with Gasteiger partial charge in [-0.1, -0.05) is 6.07 Å². The minimum absolute atomic E-state index is 0.135. The van der Waals surface area contributed by atoms with Crippen LogP contribution in [-0.4, -0.2) is 56.9 Å². The Balaban J connectivity index is 1.72. The number of carbonyl (C=O) groups is 1. The standard InChI is InChI=1S/C17H20N2O4S2/c1-18(13-15-3-2-12-24-15)17(20)14-4-6-16(7-5-14)25(21,22)19-8-10-23-11-9-19/h2-7,12H,8-11,13H2,1H3. The van der Waals surface area contributed by atoms with Gasteiger partial charge in [-0.05, 0) is 35.7 Å². The Morgan fingerprint density at radius 1 is 1.20 bits per heavy atom. The van der Waals surface area contributed by atoms with Crippen molar-refractivity contribution < 1.29 is 17.9 Å². The fourth-order valence-corrected chi connectivity index (χ4v) is 4.80. The minimum atomic E-state index is -3.54. The van der Waals surface area contributed by atoms with Gasteiger partial charge in [0.05, 0.1) is 24.7 Å². The normalized spacial score (nSPS) is 15.9. The first kappa shape index (κ1) is 18.1. The molecule has 6 nitrogen and oxygen atoms in total. The van der Waals surface area contributed by atoms with E-state index in [0.717, 1.165) is 4.88 Å². The number of thiophene rings is 1. The van der Waals surface area contributed by atoms with Gasteiger partial charge in [0.25, 0.3) is 5.91 Å². The highest BCUT2D eigenvalue weighted by molar-refractivity contribution is 7.89. The van der Waals surface area contributed by atoms with E-state index in [1.165, 1.54) is 16.4 Å². The van der Waals surface area contributed by atoms with E-state index in [9.17, 15) is 13.2 Å². The second-order valence-electron chi connectivity index (χ2n) is 5.78. The van der Waals surface area contributed by atoms with Crippen LogP contribution in [0.5, 0.6) is 0 Å². The summed E-state index contributed by atoms with van der Waals surface area (Å²) in [6.07, 6.45) is 0. The summed E-state index contributed by atoms with van der Waals surface area (Å²) in [6.45, 7) is 2.05. The maximum absolute atomic E-state index is 12.6. The lowest BCUT2D eigenvalue weighted by atomic mass is 10.2. The average Bonchev–Trinajstić information content (AvgIpc) is 3.15. The highest BCUT2D eigenvalue weighted by Gasteiger charge is 2.26. The lowest BCUT2D eigenvalue weighted by Crippen LogP contribution is -2.40. The summed E-state index contributed by atoms with van der Waals surface area (Å²) in [5.41, 5.74) is 0.472. The third-order valence-corrected chi connectivity index (χ3v) is 6.80. The van der Waals surface area contributed by atoms with Crippen molar-refractivity contribution in [3.63, 3.8) is 0 Å². The van der Waals surface area contributed by atoms with Gasteiger partial charge >= 0.3 is 0 Å². The first-order valence-corrected chi connectivity index (χ1v) is 10.3. The molecule has 0 unspecified atom stereocenters. The van der Waals surface area contributed by atoms with Gasteiger partial charge in [-0.25, -0.2) is 8.42 Å². The molecule has 25 heavy (non-hydrogen) atoms. The molecule has 1 amide bonds. The van der Waals surface area contributed by atoms with Crippen LogP contribution in [0.4, 0.5) is 0 Å². The SMILES string of the molecule is CN(Cc1cccs1)C(=O)c1ccc(S(=O)(=O)N2CCOCC2)cc1. The first-order valence-electron chi connectivity index (χ1n) is 7.94. The predicted octanol–water partition coefficient (Wildman–Crippen LogP) is 2.04. The molecule has 0 atom stereocenters. The number of carbonyl (C=O) groups excluding carboxylic acids is 1. The van der Waals surface area contributed by atoms with Gasteiger partial charge in [-0.3, -0.25) is 4.79 Å². The molecule has 0 radical (unpaired) electrons. The van der Waals surface area contributed by atoms with Crippen molar-refractivity contribution in [3.8, 4) is 0 Å². The summed E-state index contributed by atoms with van der Waals surface area (Å²) in [4.78, 5) is 15.4. The third kappa shape index (κ3) is 4.09. The molecule has 1 aliphatic heterocycles. The average molecular weight is 380 g/mol. The minimum Gasteiger partial charge on any atom is -0.379 e. The summed E-state index contributed by atoms with van der Waals surface area (Å²) < 4.78 is 31.8. The molecule has 1 aromatic heterocycles. The molecule has 2 heterocycles. The number of morpholine rings is 1. The zero-order chi connectivity index (χ0) is 17.9. The lowest BCUT2D eigenvalue weighted by Gasteiger charge is -2.26. The molecule has 0 spiro atoms. The first-order chi connectivity index (χ1) is 12.0. The number of hydrogen-bond donors (Lipinski definition) is 0. The molecule has 0 saturated carbocycles. The van der Waals surface area contributed by atoms with E-state index in [1.807, 2.05) is 17.5 Å². The zero-order valence-corrected chi connectivity index (χ0v) is 15.6. The smallest absolute Gasteiger partial charge is 0.253 e. The second kappa shape index (κ2) is 7.65. The van der Waals surface area contributed by atoms with Crippen LogP contribution in [0, 0.1) is 0 Å². The van der Waals surface area contributed by atoms with Crippen molar-refractivity contribution in [1.29, 1.82) is 0 Å². The molecule has 1 aliphatic rings. The molecule has 2 aromatic rings. The van der Waals surface area contributed by atoms with E-state index < -0.39 is 10.0 Å². The molecule has 0 N–H and O–H groups in total. The fourth-order valence-electron chi connectivity index (χ4n) is 2.63. The lowest BCUT2D eigenvalue weighted by molar-refractivity contribution is 0.0730. The van der Waals surface area contributed by atoms with Gasteiger partial charge in [-0.15, -0.1) is 11.3 Å². The zero-order valence-electron chi connectivity index (χ0n) is 13.9. The van der Waals surface area contributed by atoms with Gasteiger partial charge in [-0.2, -0.15) is 4.31 Å². The summed E-state index contributed by atoms with van der Waals surface area (Å²) in [5, 5.41) is 1.97. The fraction of sp³-hybridized carbons (Fsp3) is 0.353. The van der Waals surface area contributed by atoms with Crippen molar-refractivity contribution in [1.82, 2.24) is 9.21 Å². The number of rotatable bonds is 5. The van der Waals surface area contributed by atoms with E-state index in [0.29, 0.717) is 38.4 Å². The molecule has 8 heteroatoms. The quantitative estimate of drug-likeness (QED) is 0.796. The second-order valence-corrected chi connectivity index (χ2v) is 8.75. The van der Waals surface area contributed by atoms with E-state index in [1.54, 1.807) is 35.4 Å². The Morgan fingerprint density at radius 2 is 1.88 bits per heavy atom. The summed E-state index contributed by atoms with van der Waals surface area (Å²) >= 11 is 1.60. The van der Waals surface area contributed by atoms with Crippen LogP contribution in [0.3, 0.4) is 0 Å². The maximum atomic E-state index is 12.6. The van der Waals surface area contributed by atoms with Crippen LogP contribution in [0.2, 0.25) is 0 Å². The van der Waals surface area contributed by atoms with Crippen molar-refractivity contribution in [2.24, 2.45) is 0 Å². The molecule has 0 aliphatic carbocycles. The number of amides is 1. The summed E-state index contributed by atoms with van der Waals surface area (Å²) in [7, 11) is -1.80. The Morgan fingerprint density at radius 3 is 2.48 bits per heavy atom. The summed E-state index contributed by atoms with van der Waals surface area (Å²) in [6, 6.07) is 10.1. The Labute approximate surface area is 151 Å². The molecule has 1 fully saturated rings. The van der Waals surface area contributed by atoms with E-state index in [-0.39, 0.29) is 10.8 Å². The van der Waals surface area contributed by atoms with Gasteiger partial charge in [0, 0.05) is 30.6 Å². The van der Waals surface area contributed by atoms with E-state index >= 15 is 0 Å². The molecule has 0 bridgehead atoms. The molecule has 3 rings (SSSR count). The molecule has 134 valence electrons. The highest BCUT2D eigenvalue weighted by Crippen LogP contribution is 2.19. The Hall–Kier alpha value is -1.74. The number of sulfonamides is 1. The van der Waals surface area contributed by atoms with Crippen LogP contribution in [-0.2, 0) is 21.3 Å². The maximum Gasteiger partial charge on any atom is 0.253 e. The molecular weight excluding hydrogens is 360 g/mol. The van der Waals surface area contributed by atoms with Gasteiger partial charge in [0.2, 0.25) is 10.0 Å². The Bertz CT molecular complexity index is 811. The van der Waals surface area contributed by atoms with E-state index in [4.69, 9.17) is 4.74 Å². The van der Waals surface area contributed by atoms with Crippen LogP contribution < -0.4 is 0 Å². The van der Waals surface area contributed by atoms with Crippen molar-refractivity contribution in [3.05, 3.63) is 52.2 Å². The van der Waals surface area contributed by atoms with Gasteiger partial charge in [0.1, 0.15) is 0 Å².